The third-order valence-corrected chi connectivity index (χ3v) is 2.60. The Morgan fingerprint density at radius 2 is 2.14 bits per heavy atom. The van der Waals surface area contributed by atoms with Gasteiger partial charge in [0.15, 0.2) is 0 Å². The van der Waals surface area contributed by atoms with Crippen molar-refractivity contribution in [2.24, 2.45) is 0 Å². The Bertz CT molecular complexity index is 755. The van der Waals surface area contributed by atoms with Crippen LogP contribution >= 0.6 is 0 Å². The number of ether oxygens (including phenoxy) is 1. The maximum absolute atomic E-state index is 11.6. The van der Waals surface area contributed by atoms with Crippen molar-refractivity contribution in [1.82, 2.24) is 9.97 Å². The number of nitrogens with zero attached hydrogens (tertiary/aromatic N) is 2. The summed E-state index contributed by atoms with van der Waals surface area (Å²) in [5.41, 5.74) is -1.23. The van der Waals surface area contributed by atoms with Crippen LogP contribution < -0.4 is 10.9 Å². The number of hydrogen-bond donors (Lipinski definition) is 2. The lowest BCUT2D eigenvalue weighted by molar-refractivity contribution is -0.385. The third kappa shape index (κ3) is 2.86. The normalized spacial score (nSPS) is 9.95. The number of carbonyl (C=O) groups excluding carboxylic acids is 1. The Morgan fingerprint density at radius 1 is 1.43 bits per heavy atom. The van der Waals surface area contributed by atoms with Crippen molar-refractivity contribution in [1.29, 1.82) is 0 Å². The fourth-order valence-electron chi connectivity index (χ4n) is 1.66. The Kier molecular flexibility index (Phi) is 3.93. The van der Waals surface area contributed by atoms with Crippen molar-refractivity contribution in [3.8, 4) is 0 Å². The molecule has 0 spiro atoms. The minimum Gasteiger partial charge on any atom is -0.465 e. The highest BCUT2D eigenvalue weighted by molar-refractivity contribution is 5.96. The van der Waals surface area contributed by atoms with Crippen molar-refractivity contribution < 1.29 is 14.5 Å². The second-order valence-corrected chi connectivity index (χ2v) is 3.85. The number of methoxy groups -OCH3 is 1. The van der Waals surface area contributed by atoms with Gasteiger partial charge >= 0.3 is 17.2 Å². The van der Waals surface area contributed by atoms with Crippen LogP contribution in [-0.4, -0.2) is 28.0 Å². The number of nitrogens with one attached hydrogen (secondary N) is 2. The molecule has 1 aromatic carbocycles. The molecule has 108 valence electrons. The summed E-state index contributed by atoms with van der Waals surface area (Å²) in [4.78, 5) is 39.0. The molecule has 9 nitrogen and oxygen atoms in total. The van der Waals surface area contributed by atoms with Crippen molar-refractivity contribution >= 4 is 23.2 Å². The van der Waals surface area contributed by atoms with Crippen LogP contribution in [0.4, 0.5) is 17.2 Å². The van der Waals surface area contributed by atoms with Crippen LogP contribution in [-0.2, 0) is 4.74 Å². The van der Waals surface area contributed by atoms with Gasteiger partial charge in [-0.2, -0.15) is 0 Å². The summed E-state index contributed by atoms with van der Waals surface area (Å²) in [5.74, 6) is -0.884. The molecule has 1 heterocycles. The van der Waals surface area contributed by atoms with Gasteiger partial charge in [-0.15, -0.1) is 0 Å². The molecule has 0 amide bonds. The van der Waals surface area contributed by atoms with Gasteiger partial charge < -0.3 is 15.0 Å². The van der Waals surface area contributed by atoms with E-state index in [-0.39, 0.29) is 17.1 Å². The summed E-state index contributed by atoms with van der Waals surface area (Å²) in [6.07, 6.45) is 1.03. The SMILES string of the molecule is COC(=O)c1ccccc1Nc1nc[nH]c(=O)c1[N+](=O)[O-]. The van der Waals surface area contributed by atoms with Gasteiger partial charge in [0.1, 0.15) is 0 Å². The zero-order valence-corrected chi connectivity index (χ0v) is 10.8. The van der Waals surface area contributed by atoms with Gasteiger partial charge in [0.05, 0.1) is 29.6 Å². The molecule has 1 aromatic heterocycles. The Morgan fingerprint density at radius 3 is 2.81 bits per heavy atom. The van der Waals surface area contributed by atoms with Crippen LogP contribution in [0.2, 0.25) is 0 Å². The van der Waals surface area contributed by atoms with E-state index in [2.05, 4.69) is 20.0 Å². The van der Waals surface area contributed by atoms with E-state index in [9.17, 15) is 19.7 Å². The predicted octanol–water partition coefficient (Wildman–Crippen LogP) is 1.21. The number of nitro groups is 1. The number of para-hydroxylation sites is 1. The summed E-state index contributed by atoms with van der Waals surface area (Å²) in [6, 6.07) is 6.22. The summed E-state index contributed by atoms with van der Waals surface area (Å²) < 4.78 is 4.61. The maximum Gasteiger partial charge on any atom is 0.376 e. The molecule has 0 bridgehead atoms. The number of H-pyrrole nitrogens is 1. The minimum absolute atomic E-state index is 0.163. The molecule has 0 aliphatic carbocycles. The molecule has 0 atom stereocenters. The van der Waals surface area contributed by atoms with Gasteiger partial charge in [0, 0.05) is 0 Å². The molecule has 2 rings (SSSR count). The number of aromatic amines is 1. The smallest absolute Gasteiger partial charge is 0.376 e. The quantitative estimate of drug-likeness (QED) is 0.492. The highest BCUT2D eigenvalue weighted by Crippen LogP contribution is 2.24. The van der Waals surface area contributed by atoms with Crippen molar-refractivity contribution in [3.05, 3.63) is 56.6 Å². The molecule has 0 aliphatic heterocycles. The van der Waals surface area contributed by atoms with Gasteiger partial charge in [-0.3, -0.25) is 14.9 Å². The first-order chi connectivity index (χ1) is 10.0. The zero-order valence-electron chi connectivity index (χ0n) is 10.8. The number of benzene rings is 1. The van der Waals surface area contributed by atoms with Crippen LogP contribution in [0, 0.1) is 10.1 Å². The van der Waals surface area contributed by atoms with E-state index in [1.54, 1.807) is 12.1 Å². The number of hydrogen-bond acceptors (Lipinski definition) is 7. The van der Waals surface area contributed by atoms with Crippen molar-refractivity contribution in [2.75, 3.05) is 12.4 Å². The van der Waals surface area contributed by atoms with E-state index in [1.807, 2.05) is 0 Å². The molecule has 21 heavy (non-hydrogen) atoms. The zero-order chi connectivity index (χ0) is 15.4. The molecule has 0 fully saturated rings. The Balaban J connectivity index is 2.49. The van der Waals surface area contributed by atoms with Gasteiger partial charge in [0.2, 0.25) is 5.82 Å². The number of carbonyl (C=O) groups is 1. The van der Waals surface area contributed by atoms with Gasteiger partial charge in [0.25, 0.3) is 0 Å². The molecule has 2 N–H and O–H groups in total. The van der Waals surface area contributed by atoms with Gasteiger partial charge in [-0.05, 0) is 12.1 Å². The second-order valence-electron chi connectivity index (χ2n) is 3.85. The van der Waals surface area contributed by atoms with E-state index in [4.69, 9.17) is 0 Å². The molecular weight excluding hydrogens is 280 g/mol. The summed E-state index contributed by atoms with van der Waals surface area (Å²) >= 11 is 0. The molecule has 0 aliphatic rings. The van der Waals surface area contributed by atoms with Crippen molar-refractivity contribution in [2.45, 2.75) is 0 Å². The number of aromatic nitrogens is 2. The predicted molar refractivity (Wildman–Crippen MR) is 72.6 cm³/mol. The van der Waals surface area contributed by atoms with E-state index in [1.165, 1.54) is 19.2 Å². The summed E-state index contributed by atoms with van der Waals surface area (Å²) in [6.45, 7) is 0. The first-order valence-electron chi connectivity index (χ1n) is 5.71. The molecule has 2 aromatic rings. The average Bonchev–Trinajstić information content (AvgIpc) is 2.46. The maximum atomic E-state index is 11.6. The largest absolute Gasteiger partial charge is 0.465 e. The lowest BCUT2D eigenvalue weighted by Gasteiger charge is -2.09. The van der Waals surface area contributed by atoms with Crippen molar-refractivity contribution in [3.63, 3.8) is 0 Å². The molecule has 9 heteroatoms. The van der Waals surface area contributed by atoms with E-state index < -0.39 is 22.1 Å². The second kappa shape index (κ2) is 5.82. The van der Waals surface area contributed by atoms with Gasteiger partial charge in [-0.1, -0.05) is 12.1 Å². The van der Waals surface area contributed by atoms with E-state index in [0.29, 0.717) is 0 Å². The average molecular weight is 290 g/mol. The molecular formula is C12H10N4O5. The minimum atomic E-state index is -0.895. The third-order valence-electron chi connectivity index (χ3n) is 2.60. The molecule has 0 saturated heterocycles. The van der Waals surface area contributed by atoms with Crippen LogP contribution in [0.3, 0.4) is 0 Å². The topological polar surface area (TPSA) is 127 Å². The number of anilines is 2. The number of rotatable bonds is 4. The van der Waals surface area contributed by atoms with Crippen LogP contribution in [0.15, 0.2) is 35.4 Å². The van der Waals surface area contributed by atoms with Crippen LogP contribution in [0.5, 0.6) is 0 Å². The highest BCUT2D eigenvalue weighted by atomic mass is 16.6. The lowest BCUT2D eigenvalue weighted by Crippen LogP contribution is -2.15. The van der Waals surface area contributed by atoms with E-state index in [0.717, 1.165) is 6.33 Å². The standard InChI is InChI=1S/C12H10N4O5/c1-21-12(18)7-4-2-3-5-8(7)15-10-9(16(19)20)11(17)14-6-13-10/h2-6H,1H3,(H2,13,14,15,17). The first kappa shape index (κ1) is 14.2. The molecule has 0 saturated carbocycles. The fourth-order valence-corrected chi connectivity index (χ4v) is 1.66. The Labute approximate surface area is 117 Å². The summed E-state index contributed by atoms with van der Waals surface area (Å²) in [7, 11) is 1.22. The van der Waals surface area contributed by atoms with Gasteiger partial charge in [-0.25, -0.2) is 9.78 Å². The Hall–Kier alpha value is -3.23. The summed E-state index contributed by atoms with van der Waals surface area (Å²) in [5, 5.41) is 13.5. The highest BCUT2D eigenvalue weighted by Gasteiger charge is 2.22. The van der Waals surface area contributed by atoms with Crippen LogP contribution in [0.25, 0.3) is 0 Å². The van der Waals surface area contributed by atoms with E-state index >= 15 is 0 Å². The van der Waals surface area contributed by atoms with Crippen LogP contribution in [0.1, 0.15) is 10.4 Å². The fraction of sp³-hybridized carbons (Fsp3) is 0.0833. The lowest BCUT2D eigenvalue weighted by atomic mass is 10.2. The molecule has 0 unspecified atom stereocenters. The monoisotopic (exact) mass is 290 g/mol. The first-order valence-corrected chi connectivity index (χ1v) is 5.71. The molecule has 0 radical (unpaired) electrons. The number of esters is 1.